The molecular weight excluding hydrogens is 186 g/mol. The first-order chi connectivity index (χ1) is 6.70. The molecule has 0 fully saturated rings. The maximum absolute atomic E-state index is 13.2. The van der Waals surface area contributed by atoms with Crippen molar-refractivity contribution in [2.24, 2.45) is 0 Å². The number of furan rings is 1. The average Bonchev–Trinajstić information content (AvgIpc) is 2.65. The lowest BCUT2D eigenvalue weighted by molar-refractivity contribution is 0.538. The quantitative estimate of drug-likeness (QED) is 0.622. The van der Waals surface area contributed by atoms with Crippen molar-refractivity contribution < 1.29 is 13.2 Å². The summed E-state index contributed by atoms with van der Waals surface area (Å²) < 4.78 is 30.9. The molecule has 1 nitrogen and oxygen atoms in total. The van der Waals surface area contributed by atoms with E-state index in [1.54, 1.807) is 0 Å². The van der Waals surface area contributed by atoms with E-state index >= 15 is 0 Å². The zero-order valence-electron chi connectivity index (χ0n) is 8.40. The fourth-order valence-electron chi connectivity index (χ4n) is 1.13. The Labute approximate surface area is 81.3 Å². The van der Waals surface area contributed by atoms with Gasteiger partial charge in [0.25, 0.3) is 0 Å². The summed E-state index contributed by atoms with van der Waals surface area (Å²) in [6.07, 6.45) is 1.34. The molecule has 0 unspecified atom stereocenters. The summed E-state index contributed by atoms with van der Waals surface area (Å²) in [5.74, 6) is -1.16. The van der Waals surface area contributed by atoms with Crippen molar-refractivity contribution >= 4 is 11.0 Å². The maximum atomic E-state index is 13.2. The lowest BCUT2D eigenvalue weighted by atomic mass is 10.1. The van der Waals surface area contributed by atoms with Gasteiger partial charge in [-0.25, -0.2) is 8.78 Å². The van der Waals surface area contributed by atoms with E-state index in [2.05, 4.69) is 0 Å². The van der Waals surface area contributed by atoms with Crippen LogP contribution in [0.4, 0.5) is 8.78 Å². The molecule has 0 N–H and O–H groups in total. The van der Waals surface area contributed by atoms with Gasteiger partial charge in [0.05, 0.1) is 6.26 Å². The van der Waals surface area contributed by atoms with Crippen molar-refractivity contribution in [1.29, 1.82) is 0 Å². The second-order valence-corrected chi connectivity index (χ2v) is 2.64. The second-order valence-electron chi connectivity index (χ2n) is 2.64. The van der Waals surface area contributed by atoms with Crippen LogP contribution in [0, 0.1) is 18.6 Å². The van der Waals surface area contributed by atoms with Gasteiger partial charge in [-0.15, -0.1) is 0 Å². The smallest absolute Gasteiger partial charge is 0.172 e. The summed E-state index contributed by atoms with van der Waals surface area (Å²) in [6.45, 7) is 5.38. The highest BCUT2D eigenvalue weighted by Gasteiger charge is 2.11. The van der Waals surface area contributed by atoms with Crippen LogP contribution >= 0.6 is 0 Å². The molecule has 1 aromatic carbocycles. The van der Waals surface area contributed by atoms with E-state index in [-0.39, 0.29) is 11.1 Å². The van der Waals surface area contributed by atoms with Crippen LogP contribution in [-0.2, 0) is 0 Å². The standard InChI is InChI=1S/C9H6F2O.C2H6/c1-5-7(10)4-6-2-3-12-9(6)8(5)11;1-2/h2-4H,1H3;1-2H3. The Morgan fingerprint density at radius 3 is 2.50 bits per heavy atom. The van der Waals surface area contributed by atoms with Crippen molar-refractivity contribution in [2.75, 3.05) is 0 Å². The summed E-state index contributed by atoms with van der Waals surface area (Å²) in [7, 11) is 0. The molecule has 0 aliphatic rings. The number of fused-ring (bicyclic) bond motifs is 1. The van der Waals surface area contributed by atoms with Gasteiger partial charge in [0.2, 0.25) is 0 Å². The highest BCUT2D eigenvalue weighted by atomic mass is 19.1. The fourth-order valence-corrected chi connectivity index (χ4v) is 1.13. The summed E-state index contributed by atoms with van der Waals surface area (Å²) in [5.41, 5.74) is 0.117. The van der Waals surface area contributed by atoms with Crippen molar-refractivity contribution in [3.63, 3.8) is 0 Å². The van der Waals surface area contributed by atoms with Crippen LogP contribution in [0.25, 0.3) is 11.0 Å². The molecule has 0 atom stereocenters. The molecule has 0 saturated heterocycles. The number of rotatable bonds is 0. The van der Waals surface area contributed by atoms with Crippen LogP contribution in [0.1, 0.15) is 19.4 Å². The molecule has 1 aromatic heterocycles. The number of halogens is 2. The lowest BCUT2D eigenvalue weighted by Gasteiger charge is -1.97. The Morgan fingerprint density at radius 2 is 1.86 bits per heavy atom. The third kappa shape index (κ3) is 1.62. The highest BCUT2D eigenvalue weighted by molar-refractivity contribution is 5.78. The van der Waals surface area contributed by atoms with Crippen LogP contribution in [0.15, 0.2) is 22.8 Å². The van der Waals surface area contributed by atoms with Gasteiger partial charge in [-0.2, -0.15) is 0 Å². The summed E-state index contributed by atoms with van der Waals surface area (Å²) in [4.78, 5) is 0. The second kappa shape index (κ2) is 4.22. The van der Waals surface area contributed by atoms with Gasteiger partial charge >= 0.3 is 0 Å². The Balaban J connectivity index is 0.000000461. The Kier molecular flexibility index (Phi) is 3.23. The molecule has 3 heteroatoms. The van der Waals surface area contributed by atoms with E-state index in [1.165, 1.54) is 25.3 Å². The van der Waals surface area contributed by atoms with Gasteiger partial charge in [0.1, 0.15) is 5.82 Å². The molecule has 14 heavy (non-hydrogen) atoms. The Morgan fingerprint density at radius 1 is 1.21 bits per heavy atom. The molecule has 0 saturated carbocycles. The zero-order valence-corrected chi connectivity index (χ0v) is 8.40. The SMILES string of the molecule is CC.Cc1c(F)cc2ccoc2c1F. The van der Waals surface area contributed by atoms with Crippen molar-refractivity contribution in [1.82, 2.24) is 0 Å². The van der Waals surface area contributed by atoms with E-state index < -0.39 is 11.6 Å². The molecule has 2 aromatic rings. The molecule has 0 radical (unpaired) electrons. The minimum absolute atomic E-state index is 0.00236. The average molecular weight is 198 g/mol. The highest BCUT2D eigenvalue weighted by Crippen LogP contribution is 2.23. The Hall–Kier alpha value is -1.38. The van der Waals surface area contributed by atoms with Gasteiger partial charge in [0, 0.05) is 10.9 Å². The predicted octanol–water partition coefficient (Wildman–Crippen LogP) is 4.05. The van der Waals surface area contributed by atoms with E-state index in [1.807, 2.05) is 13.8 Å². The number of hydrogen-bond acceptors (Lipinski definition) is 1. The van der Waals surface area contributed by atoms with Gasteiger partial charge in [-0.05, 0) is 19.1 Å². The van der Waals surface area contributed by atoms with Crippen LogP contribution in [0.2, 0.25) is 0 Å². The summed E-state index contributed by atoms with van der Waals surface area (Å²) in [6, 6.07) is 2.79. The van der Waals surface area contributed by atoms with Crippen LogP contribution in [0.5, 0.6) is 0 Å². The maximum Gasteiger partial charge on any atom is 0.172 e. The summed E-state index contributed by atoms with van der Waals surface area (Å²) >= 11 is 0. The van der Waals surface area contributed by atoms with Gasteiger partial charge in [0.15, 0.2) is 11.4 Å². The molecule has 0 aliphatic heterocycles. The number of benzene rings is 1. The monoisotopic (exact) mass is 198 g/mol. The van der Waals surface area contributed by atoms with Gasteiger partial charge in [-0.3, -0.25) is 0 Å². The molecule has 2 rings (SSSR count). The molecule has 0 aliphatic carbocycles. The molecule has 0 spiro atoms. The Bertz CT molecular complexity index is 432. The van der Waals surface area contributed by atoms with E-state index in [9.17, 15) is 8.78 Å². The largest absolute Gasteiger partial charge is 0.461 e. The minimum atomic E-state index is -0.616. The molecule has 1 heterocycles. The molecule has 76 valence electrons. The topological polar surface area (TPSA) is 13.1 Å². The predicted molar refractivity (Wildman–Crippen MR) is 52.2 cm³/mol. The summed E-state index contributed by atoms with van der Waals surface area (Å²) in [5, 5.41) is 0.454. The van der Waals surface area contributed by atoms with E-state index in [0.717, 1.165) is 0 Å². The first-order valence-electron chi connectivity index (χ1n) is 4.52. The third-order valence-corrected chi connectivity index (χ3v) is 1.86. The normalized spacial score (nSPS) is 9.79. The lowest BCUT2D eigenvalue weighted by Crippen LogP contribution is -1.87. The fraction of sp³-hybridized carbons (Fsp3) is 0.273. The molecular formula is C11H12F2O. The van der Waals surface area contributed by atoms with Gasteiger partial charge in [-0.1, -0.05) is 13.8 Å². The van der Waals surface area contributed by atoms with Crippen LogP contribution in [0.3, 0.4) is 0 Å². The molecule has 0 bridgehead atoms. The first-order valence-corrected chi connectivity index (χ1v) is 4.52. The first kappa shape index (κ1) is 10.7. The minimum Gasteiger partial charge on any atom is -0.461 e. The van der Waals surface area contributed by atoms with Crippen LogP contribution < -0.4 is 0 Å². The van der Waals surface area contributed by atoms with E-state index in [0.29, 0.717) is 5.39 Å². The van der Waals surface area contributed by atoms with E-state index in [4.69, 9.17) is 4.42 Å². The molecule has 0 amide bonds. The van der Waals surface area contributed by atoms with Crippen molar-refractivity contribution in [3.05, 3.63) is 35.6 Å². The van der Waals surface area contributed by atoms with Crippen molar-refractivity contribution in [2.45, 2.75) is 20.8 Å². The van der Waals surface area contributed by atoms with Crippen molar-refractivity contribution in [3.8, 4) is 0 Å². The number of hydrogen-bond donors (Lipinski definition) is 0. The van der Waals surface area contributed by atoms with Gasteiger partial charge < -0.3 is 4.42 Å². The van der Waals surface area contributed by atoms with Crippen LogP contribution in [-0.4, -0.2) is 0 Å². The zero-order chi connectivity index (χ0) is 10.7. The third-order valence-electron chi connectivity index (χ3n) is 1.86.